The zero-order chi connectivity index (χ0) is 20.0. The summed E-state index contributed by atoms with van der Waals surface area (Å²) in [6.07, 6.45) is 1.81. The van der Waals surface area contributed by atoms with Crippen LogP contribution >= 0.6 is 0 Å². The third-order valence-electron chi connectivity index (χ3n) is 4.58. The van der Waals surface area contributed by atoms with E-state index < -0.39 is 10.0 Å². The monoisotopic (exact) mass is 388 g/mol. The molecule has 27 heavy (non-hydrogen) atoms. The highest BCUT2D eigenvalue weighted by Gasteiger charge is 2.26. The van der Waals surface area contributed by atoms with Gasteiger partial charge in [0.25, 0.3) is 5.91 Å². The zero-order valence-electron chi connectivity index (χ0n) is 16.5. The van der Waals surface area contributed by atoms with Crippen LogP contribution in [0.4, 0.5) is 5.69 Å². The van der Waals surface area contributed by atoms with Crippen molar-refractivity contribution in [2.75, 3.05) is 18.4 Å². The second-order valence-corrected chi connectivity index (χ2v) is 8.33. The topological polar surface area (TPSA) is 66.5 Å². The van der Waals surface area contributed by atoms with Crippen LogP contribution < -0.4 is 5.32 Å². The number of anilines is 1. The zero-order valence-corrected chi connectivity index (χ0v) is 17.3. The Morgan fingerprint density at radius 1 is 0.926 bits per heavy atom. The van der Waals surface area contributed by atoms with E-state index in [0.717, 1.165) is 24.0 Å². The molecule has 6 heteroatoms. The summed E-state index contributed by atoms with van der Waals surface area (Å²) in [5.74, 6) is -0.210. The standard InChI is InChI=1S/C19H22N2O3S.C2H6/c1-14-5-6-16(13-15(14)2)19(22)20-17-7-9-18(10-8-17)25(23,24)21-11-3-4-12-21;1-2/h5-10,13H,3-4,11-12H2,1-2H3,(H,20,22);1-2H3. The van der Waals surface area contributed by atoms with E-state index in [-0.39, 0.29) is 10.8 Å². The number of rotatable bonds is 4. The summed E-state index contributed by atoms with van der Waals surface area (Å²) < 4.78 is 26.5. The number of hydrogen-bond donors (Lipinski definition) is 1. The average molecular weight is 389 g/mol. The Morgan fingerprint density at radius 3 is 2.07 bits per heavy atom. The van der Waals surface area contributed by atoms with Gasteiger partial charge >= 0.3 is 0 Å². The van der Waals surface area contributed by atoms with Gasteiger partial charge < -0.3 is 5.32 Å². The minimum absolute atomic E-state index is 0.210. The minimum Gasteiger partial charge on any atom is -0.322 e. The first-order valence-corrected chi connectivity index (χ1v) is 10.8. The van der Waals surface area contributed by atoms with Gasteiger partial charge in [-0.3, -0.25) is 4.79 Å². The highest BCUT2D eigenvalue weighted by Crippen LogP contribution is 2.22. The third-order valence-corrected chi connectivity index (χ3v) is 6.50. The lowest BCUT2D eigenvalue weighted by molar-refractivity contribution is 0.102. The molecular weight excluding hydrogens is 360 g/mol. The molecule has 1 aliphatic rings. The van der Waals surface area contributed by atoms with E-state index >= 15 is 0 Å². The Bertz CT molecular complexity index is 884. The first-order valence-electron chi connectivity index (χ1n) is 9.37. The van der Waals surface area contributed by atoms with Crippen LogP contribution in [0.15, 0.2) is 47.4 Å². The molecule has 0 atom stereocenters. The van der Waals surface area contributed by atoms with Crippen molar-refractivity contribution in [3.05, 3.63) is 59.2 Å². The molecule has 0 saturated carbocycles. The molecule has 1 N–H and O–H groups in total. The Labute approximate surface area is 162 Å². The van der Waals surface area contributed by atoms with Crippen LogP contribution in [0, 0.1) is 13.8 Å². The minimum atomic E-state index is -3.43. The average Bonchev–Trinajstić information content (AvgIpc) is 3.22. The molecule has 0 aliphatic carbocycles. The summed E-state index contributed by atoms with van der Waals surface area (Å²) >= 11 is 0. The molecule has 1 heterocycles. The van der Waals surface area contributed by atoms with E-state index in [1.165, 1.54) is 4.31 Å². The van der Waals surface area contributed by atoms with Crippen molar-refractivity contribution in [3.63, 3.8) is 0 Å². The third kappa shape index (κ3) is 4.96. The Kier molecular flexibility index (Phi) is 7.16. The fourth-order valence-electron chi connectivity index (χ4n) is 2.87. The molecule has 1 saturated heterocycles. The van der Waals surface area contributed by atoms with Crippen molar-refractivity contribution in [3.8, 4) is 0 Å². The fraction of sp³-hybridized carbons (Fsp3) is 0.381. The molecule has 0 bridgehead atoms. The molecular formula is C21H28N2O3S. The van der Waals surface area contributed by atoms with Crippen LogP contribution in [0.5, 0.6) is 0 Å². The van der Waals surface area contributed by atoms with Crippen LogP contribution in [0.1, 0.15) is 48.2 Å². The lowest BCUT2D eigenvalue weighted by Gasteiger charge is -2.15. The SMILES string of the molecule is CC.Cc1ccc(C(=O)Nc2ccc(S(=O)(=O)N3CCCC3)cc2)cc1C. The molecule has 0 aromatic heterocycles. The number of nitrogens with one attached hydrogen (secondary N) is 1. The van der Waals surface area contributed by atoms with Gasteiger partial charge in [0.05, 0.1) is 4.90 Å². The number of carbonyl (C=O) groups is 1. The van der Waals surface area contributed by atoms with E-state index in [1.54, 1.807) is 30.3 Å². The first-order chi connectivity index (χ1) is 12.9. The number of benzene rings is 2. The smallest absolute Gasteiger partial charge is 0.255 e. The van der Waals surface area contributed by atoms with Gasteiger partial charge in [-0.2, -0.15) is 4.31 Å². The van der Waals surface area contributed by atoms with Gasteiger partial charge in [-0.25, -0.2) is 8.42 Å². The second-order valence-electron chi connectivity index (χ2n) is 6.39. The molecule has 1 fully saturated rings. The van der Waals surface area contributed by atoms with Gasteiger partial charge in [-0.15, -0.1) is 0 Å². The molecule has 1 amide bonds. The maximum atomic E-state index is 12.5. The van der Waals surface area contributed by atoms with Crippen molar-refractivity contribution < 1.29 is 13.2 Å². The van der Waals surface area contributed by atoms with Gasteiger partial charge in [0.2, 0.25) is 10.0 Å². The van der Waals surface area contributed by atoms with Gasteiger partial charge in [0.1, 0.15) is 0 Å². The Balaban J connectivity index is 0.00000126. The van der Waals surface area contributed by atoms with E-state index in [9.17, 15) is 13.2 Å². The lowest BCUT2D eigenvalue weighted by Crippen LogP contribution is -2.27. The molecule has 2 aromatic rings. The van der Waals surface area contributed by atoms with E-state index in [1.807, 2.05) is 39.8 Å². The van der Waals surface area contributed by atoms with Crippen molar-refractivity contribution in [2.45, 2.75) is 45.4 Å². The van der Waals surface area contributed by atoms with Gasteiger partial charge in [-0.1, -0.05) is 19.9 Å². The van der Waals surface area contributed by atoms with Crippen LogP contribution in [-0.2, 0) is 10.0 Å². The fourth-order valence-corrected chi connectivity index (χ4v) is 4.39. The van der Waals surface area contributed by atoms with Crippen LogP contribution in [0.25, 0.3) is 0 Å². The largest absolute Gasteiger partial charge is 0.322 e. The molecule has 0 radical (unpaired) electrons. The molecule has 3 rings (SSSR count). The van der Waals surface area contributed by atoms with E-state index in [0.29, 0.717) is 24.3 Å². The van der Waals surface area contributed by atoms with Crippen LogP contribution in [0.3, 0.4) is 0 Å². The van der Waals surface area contributed by atoms with Crippen molar-refractivity contribution >= 4 is 21.6 Å². The lowest BCUT2D eigenvalue weighted by atomic mass is 10.1. The van der Waals surface area contributed by atoms with Crippen LogP contribution in [-0.4, -0.2) is 31.7 Å². The van der Waals surface area contributed by atoms with Crippen molar-refractivity contribution in [2.24, 2.45) is 0 Å². The second kappa shape index (κ2) is 9.15. The quantitative estimate of drug-likeness (QED) is 0.846. The molecule has 0 spiro atoms. The molecule has 2 aromatic carbocycles. The number of amides is 1. The normalized spacial score (nSPS) is 14.4. The van der Waals surface area contributed by atoms with Gasteiger partial charge in [-0.05, 0) is 74.2 Å². The van der Waals surface area contributed by atoms with E-state index in [2.05, 4.69) is 5.32 Å². The number of hydrogen-bond acceptors (Lipinski definition) is 3. The summed E-state index contributed by atoms with van der Waals surface area (Å²) in [5.41, 5.74) is 3.34. The van der Waals surface area contributed by atoms with E-state index in [4.69, 9.17) is 0 Å². The van der Waals surface area contributed by atoms with Crippen molar-refractivity contribution in [1.82, 2.24) is 4.31 Å². The number of carbonyl (C=O) groups excluding carboxylic acids is 1. The van der Waals surface area contributed by atoms with Crippen molar-refractivity contribution in [1.29, 1.82) is 0 Å². The number of sulfonamides is 1. The summed E-state index contributed by atoms with van der Waals surface area (Å²) in [7, 11) is -3.43. The van der Waals surface area contributed by atoms with Crippen LogP contribution in [0.2, 0.25) is 0 Å². The van der Waals surface area contributed by atoms with Gasteiger partial charge in [0, 0.05) is 24.3 Å². The predicted molar refractivity (Wildman–Crippen MR) is 110 cm³/mol. The molecule has 1 aliphatic heterocycles. The highest BCUT2D eigenvalue weighted by molar-refractivity contribution is 7.89. The summed E-state index contributed by atoms with van der Waals surface area (Å²) in [4.78, 5) is 12.6. The van der Waals surface area contributed by atoms with Gasteiger partial charge in [0.15, 0.2) is 0 Å². The molecule has 0 unspecified atom stereocenters. The molecule has 146 valence electrons. The highest BCUT2D eigenvalue weighted by atomic mass is 32.2. The summed E-state index contributed by atoms with van der Waals surface area (Å²) in [6.45, 7) is 9.11. The Morgan fingerprint density at radius 2 is 1.52 bits per heavy atom. The predicted octanol–water partition coefficient (Wildman–Crippen LogP) is 4.37. The number of nitrogens with zero attached hydrogens (tertiary/aromatic N) is 1. The maximum absolute atomic E-state index is 12.5. The summed E-state index contributed by atoms with van der Waals surface area (Å²) in [6, 6.07) is 11.9. The Hall–Kier alpha value is -2.18. The maximum Gasteiger partial charge on any atom is 0.255 e. The first kappa shape index (κ1) is 21.1. The molecule has 5 nitrogen and oxygen atoms in total. The summed E-state index contributed by atoms with van der Waals surface area (Å²) in [5, 5.41) is 2.81. The number of aryl methyl sites for hydroxylation is 2.